The number of ether oxygens (including phenoxy) is 1. The Bertz CT molecular complexity index is 536. The monoisotopic (exact) mass is 318 g/mol. The number of aliphatic carboxylic acids is 1. The fraction of sp³-hybridized carbons (Fsp3) is 0.462. The van der Waals surface area contributed by atoms with Crippen LogP contribution in [0, 0.1) is 0 Å². The molecule has 0 saturated carbocycles. The van der Waals surface area contributed by atoms with Crippen molar-refractivity contribution in [3.05, 3.63) is 24.3 Å². The van der Waals surface area contributed by atoms with Gasteiger partial charge in [0.1, 0.15) is 0 Å². The maximum atomic E-state index is 11.3. The summed E-state index contributed by atoms with van der Waals surface area (Å²) in [5.41, 5.74) is 0. The Hall–Kier alpha value is -1.05. The molecule has 0 aliphatic rings. The molecule has 0 aliphatic carbocycles. The van der Waals surface area contributed by atoms with Crippen LogP contribution in [0.3, 0.4) is 0 Å². The molecule has 0 bridgehead atoms. The summed E-state index contributed by atoms with van der Waals surface area (Å²) in [7, 11) is -3.18. The lowest BCUT2D eigenvalue weighted by molar-refractivity contribution is -0.150. The molecular formula is C13H18O5S2. The zero-order valence-corrected chi connectivity index (χ0v) is 13.0. The maximum Gasteiger partial charge on any atom is 0.332 e. The van der Waals surface area contributed by atoms with Crippen molar-refractivity contribution in [2.45, 2.75) is 29.2 Å². The van der Waals surface area contributed by atoms with Crippen molar-refractivity contribution in [2.24, 2.45) is 0 Å². The molecule has 1 rings (SSSR count). The van der Waals surface area contributed by atoms with Crippen LogP contribution in [-0.4, -0.2) is 44.2 Å². The Labute approximate surface area is 123 Å². The van der Waals surface area contributed by atoms with E-state index in [9.17, 15) is 13.2 Å². The first-order chi connectivity index (χ1) is 9.34. The Balaban J connectivity index is 2.52. The molecule has 0 radical (unpaired) electrons. The van der Waals surface area contributed by atoms with E-state index in [4.69, 9.17) is 9.84 Å². The molecular weight excluding hydrogens is 300 g/mol. The maximum absolute atomic E-state index is 11.3. The highest BCUT2D eigenvalue weighted by Crippen LogP contribution is 2.21. The van der Waals surface area contributed by atoms with Crippen LogP contribution >= 0.6 is 11.8 Å². The van der Waals surface area contributed by atoms with Crippen LogP contribution in [0.25, 0.3) is 0 Å². The first kappa shape index (κ1) is 17.0. The van der Waals surface area contributed by atoms with Crippen molar-refractivity contribution < 1.29 is 23.1 Å². The van der Waals surface area contributed by atoms with Gasteiger partial charge in [-0.1, -0.05) is 0 Å². The largest absolute Gasteiger partial charge is 0.479 e. The molecule has 0 fully saturated rings. The molecule has 0 spiro atoms. The molecule has 7 heteroatoms. The molecule has 112 valence electrons. The minimum Gasteiger partial charge on any atom is -0.479 e. The zero-order valence-electron chi connectivity index (χ0n) is 11.4. The second-order valence-corrected chi connectivity index (χ2v) is 7.35. The van der Waals surface area contributed by atoms with Gasteiger partial charge in [-0.05, 0) is 37.6 Å². The SMILES string of the molecule is CCOC(CCSc1ccc(S(C)(=O)=O)cc1)C(=O)O. The minimum atomic E-state index is -3.18. The molecule has 0 aromatic heterocycles. The third kappa shape index (κ3) is 5.52. The van der Waals surface area contributed by atoms with Gasteiger partial charge in [-0.3, -0.25) is 0 Å². The standard InChI is InChI=1S/C13H18O5S2/c1-3-18-12(13(14)15)8-9-19-10-4-6-11(7-5-10)20(2,16)17/h4-7,12H,3,8-9H2,1-2H3,(H,14,15). The van der Waals surface area contributed by atoms with Crippen molar-refractivity contribution in [3.8, 4) is 0 Å². The van der Waals surface area contributed by atoms with Gasteiger partial charge >= 0.3 is 5.97 Å². The quantitative estimate of drug-likeness (QED) is 0.739. The van der Waals surface area contributed by atoms with Gasteiger partial charge in [-0.25, -0.2) is 13.2 Å². The Kier molecular flexibility index (Phi) is 6.51. The number of carbonyl (C=O) groups is 1. The molecule has 0 heterocycles. The Morgan fingerprint density at radius 2 is 1.95 bits per heavy atom. The van der Waals surface area contributed by atoms with Gasteiger partial charge in [-0.2, -0.15) is 0 Å². The highest BCUT2D eigenvalue weighted by Gasteiger charge is 2.16. The molecule has 1 aromatic carbocycles. The Morgan fingerprint density at radius 1 is 1.35 bits per heavy atom. The average molecular weight is 318 g/mol. The van der Waals surface area contributed by atoms with E-state index in [0.717, 1.165) is 11.2 Å². The van der Waals surface area contributed by atoms with Crippen molar-refractivity contribution >= 4 is 27.6 Å². The average Bonchev–Trinajstić information content (AvgIpc) is 2.37. The predicted molar refractivity (Wildman–Crippen MR) is 77.9 cm³/mol. The minimum absolute atomic E-state index is 0.277. The summed E-state index contributed by atoms with van der Waals surface area (Å²) in [6, 6.07) is 6.54. The van der Waals surface area contributed by atoms with Crippen molar-refractivity contribution in [2.75, 3.05) is 18.6 Å². The molecule has 1 N–H and O–H groups in total. The van der Waals surface area contributed by atoms with E-state index in [0.29, 0.717) is 18.8 Å². The summed E-state index contributed by atoms with van der Waals surface area (Å²) in [5, 5.41) is 8.93. The van der Waals surface area contributed by atoms with Gasteiger partial charge in [0.2, 0.25) is 0 Å². The van der Waals surface area contributed by atoms with Gasteiger partial charge in [0.25, 0.3) is 0 Å². The van der Waals surface area contributed by atoms with Gasteiger partial charge in [0.15, 0.2) is 15.9 Å². The fourth-order valence-electron chi connectivity index (χ4n) is 1.55. The molecule has 20 heavy (non-hydrogen) atoms. The normalized spacial score (nSPS) is 13.1. The van der Waals surface area contributed by atoms with Crippen LogP contribution in [0.5, 0.6) is 0 Å². The van der Waals surface area contributed by atoms with E-state index < -0.39 is 21.9 Å². The van der Waals surface area contributed by atoms with Gasteiger partial charge in [0.05, 0.1) is 4.90 Å². The van der Waals surface area contributed by atoms with Gasteiger partial charge in [0, 0.05) is 23.5 Å². The predicted octanol–water partition coefficient (Wildman–Crippen LogP) is 2.06. The number of carboxylic acid groups (broad SMARTS) is 1. The second kappa shape index (κ2) is 7.66. The van der Waals surface area contributed by atoms with E-state index >= 15 is 0 Å². The Morgan fingerprint density at radius 3 is 2.40 bits per heavy atom. The van der Waals surface area contributed by atoms with E-state index in [1.165, 1.54) is 11.8 Å². The van der Waals surface area contributed by atoms with E-state index in [1.54, 1.807) is 31.2 Å². The van der Waals surface area contributed by atoms with Gasteiger partial charge in [-0.15, -0.1) is 11.8 Å². The summed E-state index contributed by atoms with van der Waals surface area (Å²) < 4.78 is 27.7. The third-order valence-corrected chi connectivity index (χ3v) is 4.72. The molecule has 1 aromatic rings. The number of sulfone groups is 1. The zero-order chi connectivity index (χ0) is 15.2. The number of hydrogen-bond donors (Lipinski definition) is 1. The number of benzene rings is 1. The van der Waals surface area contributed by atoms with Crippen LogP contribution in [0.4, 0.5) is 0 Å². The van der Waals surface area contributed by atoms with Crippen LogP contribution < -0.4 is 0 Å². The first-order valence-corrected chi connectivity index (χ1v) is 8.99. The number of thioether (sulfide) groups is 1. The van der Waals surface area contributed by atoms with Crippen molar-refractivity contribution in [3.63, 3.8) is 0 Å². The molecule has 0 amide bonds. The number of hydrogen-bond acceptors (Lipinski definition) is 5. The van der Waals surface area contributed by atoms with Crippen molar-refractivity contribution in [1.82, 2.24) is 0 Å². The highest BCUT2D eigenvalue weighted by atomic mass is 32.2. The third-order valence-electron chi connectivity index (χ3n) is 2.54. The van der Waals surface area contributed by atoms with Gasteiger partial charge < -0.3 is 9.84 Å². The topological polar surface area (TPSA) is 80.7 Å². The van der Waals surface area contributed by atoms with E-state index in [2.05, 4.69) is 0 Å². The fourth-order valence-corrected chi connectivity index (χ4v) is 3.07. The van der Waals surface area contributed by atoms with Crippen LogP contribution in [0.15, 0.2) is 34.1 Å². The summed E-state index contributed by atoms with van der Waals surface area (Å²) >= 11 is 1.47. The lowest BCUT2D eigenvalue weighted by Gasteiger charge is -2.11. The van der Waals surface area contributed by atoms with E-state index in [-0.39, 0.29) is 4.90 Å². The first-order valence-electron chi connectivity index (χ1n) is 6.12. The highest BCUT2D eigenvalue weighted by molar-refractivity contribution is 7.99. The van der Waals surface area contributed by atoms with Crippen molar-refractivity contribution in [1.29, 1.82) is 0 Å². The number of carboxylic acids is 1. The molecule has 0 aliphatic heterocycles. The number of rotatable bonds is 8. The smallest absolute Gasteiger partial charge is 0.332 e. The summed E-state index contributed by atoms with van der Waals surface area (Å²) in [6.07, 6.45) is 0.777. The lowest BCUT2D eigenvalue weighted by atomic mass is 10.3. The molecule has 1 unspecified atom stereocenters. The van der Waals surface area contributed by atoms with Crippen LogP contribution in [0.1, 0.15) is 13.3 Å². The summed E-state index contributed by atoms with van der Waals surface area (Å²) in [6.45, 7) is 2.12. The lowest BCUT2D eigenvalue weighted by Crippen LogP contribution is -2.24. The van der Waals surface area contributed by atoms with Crippen LogP contribution in [-0.2, 0) is 19.4 Å². The molecule has 5 nitrogen and oxygen atoms in total. The summed E-state index contributed by atoms with van der Waals surface area (Å²) in [4.78, 5) is 12.1. The molecule has 1 atom stereocenters. The molecule has 0 saturated heterocycles. The van der Waals surface area contributed by atoms with E-state index in [1.807, 2.05) is 0 Å². The second-order valence-electron chi connectivity index (χ2n) is 4.16. The summed E-state index contributed by atoms with van der Waals surface area (Å²) in [5.74, 6) is -0.366. The van der Waals surface area contributed by atoms with Crippen LogP contribution in [0.2, 0.25) is 0 Å².